The average Bonchev–Trinajstić information content (AvgIpc) is 3.20. The van der Waals surface area contributed by atoms with E-state index in [4.69, 9.17) is 11.6 Å². The number of para-hydroxylation sites is 2. The molecule has 1 nitrogen and oxygen atoms in total. The van der Waals surface area contributed by atoms with E-state index in [-0.39, 0.29) is 5.41 Å². The highest BCUT2D eigenvalue weighted by atomic mass is 35.5. The summed E-state index contributed by atoms with van der Waals surface area (Å²) in [6, 6.07) is 35.4. The predicted octanol–water partition coefficient (Wildman–Crippen LogP) is 9.53. The lowest BCUT2D eigenvalue weighted by Crippen LogP contribution is -2.55. The molecule has 4 saturated carbocycles. The maximum absolute atomic E-state index is 7.29. The molecule has 178 valence electrons. The van der Waals surface area contributed by atoms with E-state index in [1.165, 1.54) is 48.8 Å². The van der Waals surface area contributed by atoms with Crippen LogP contribution in [0.1, 0.15) is 43.2 Å². The molecule has 9 rings (SSSR count). The minimum atomic E-state index is 0.109. The molecule has 0 unspecified atom stereocenters. The summed E-state index contributed by atoms with van der Waals surface area (Å²) in [5, 5.41) is 0.887. The minimum Gasteiger partial charge on any atom is -0.310 e. The van der Waals surface area contributed by atoms with Gasteiger partial charge in [-0.25, -0.2) is 0 Å². The first-order chi connectivity index (χ1) is 17.7. The van der Waals surface area contributed by atoms with Gasteiger partial charge in [0.2, 0.25) is 0 Å². The van der Waals surface area contributed by atoms with Crippen molar-refractivity contribution in [3.8, 4) is 11.1 Å². The first kappa shape index (κ1) is 21.1. The third kappa shape index (κ3) is 2.78. The van der Waals surface area contributed by atoms with Crippen molar-refractivity contribution in [1.29, 1.82) is 0 Å². The SMILES string of the molecule is Clc1cc(N(c2ccccc2)c2ccccc2)cc2c1-c1ccccc1C21C2CC3CC(C2)CC1C3. The Kier molecular flexibility index (Phi) is 4.53. The van der Waals surface area contributed by atoms with Gasteiger partial charge >= 0.3 is 0 Å². The molecule has 4 aromatic carbocycles. The van der Waals surface area contributed by atoms with E-state index in [9.17, 15) is 0 Å². The molecule has 5 aliphatic rings. The van der Waals surface area contributed by atoms with Crippen LogP contribution in [0.4, 0.5) is 17.1 Å². The van der Waals surface area contributed by atoms with Crippen LogP contribution in [0.25, 0.3) is 11.1 Å². The van der Waals surface area contributed by atoms with Gasteiger partial charge in [0.25, 0.3) is 0 Å². The van der Waals surface area contributed by atoms with Crippen molar-refractivity contribution in [2.45, 2.75) is 37.5 Å². The van der Waals surface area contributed by atoms with E-state index in [0.717, 1.165) is 45.8 Å². The van der Waals surface area contributed by atoms with Crippen LogP contribution in [0, 0.1) is 23.7 Å². The van der Waals surface area contributed by atoms with Gasteiger partial charge < -0.3 is 4.90 Å². The van der Waals surface area contributed by atoms with Gasteiger partial charge in [-0.1, -0.05) is 72.3 Å². The third-order valence-electron chi connectivity index (χ3n) is 9.88. The summed E-state index contributed by atoms with van der Waals surface area (Å²) in [6.07, 6.45) is 6.98. The molecule has 0 atom stereocenters. The molecule has 0 aliphatic heterocycles. The zero-order valence-corrected chi connectivity index (χ0v) is 21.2. The number of fused-ring (bicyclic) bond motifs is 3. The highest BCUT2D eigenvalue weighted by Crippen LogP contribution is 2.70. The Balaban J connectivity index is 1.39. The molecular formula is C34H30ClN. The Morgan fingerprint density at radius 3 is 1.75 bits per heavy atom. The van der Waals surface area contributed by atoms with E-state index in [0.29, 0.717) is 0 Å². The fourth-order valence-electron chi connectivity index (χ4n) is 8.94. The van der Waals surface area contributed by atoms with Crippen LogP contribution in [0.3, 0.4) is 0 Å². The van der Waals surface area contributed by atoms with Gasteiger partial charge in [-0.3, -0.25) is 0 Å². The lowest BCUT2D eigenvalue weighted by atomic mass is 9.43. The van der Waals surface area contributed by atoms with Crippen LogP contribution in [0.2, 0.25) is 5.02 Å². The quantitative estimate of drug-likeness (QED) is 0.278. The van der Waals surface area contributed by atoms with E-state index < -0.39 is 0 Å². The topological polar surface area (TPSA) is 3.24 Å². The Hall–Kier alpha value is -3.03. The van der Waals surface area contributed by atoms with E-state index in [1.807, 2.05) is 0 Å². The zero-order valence-electron chi connectivity index (χ0n) is 20.4. The molecule has 0 aromatic heterocycles. The molecule has 5 aliphatic carbocycles. The van der Waals surface area contributed by atoms with E-state index >= 15 is 0 Å². The van der Waals surface area contributed by atoms with Gasteiger partial charge in [0.05, 0.1) is 5.02 Å². The van der Waals surface area contributed by atoms with Crippen LogP contribution >= 0.6 is 11.6 Å². The number of halogens is 1. The van der Waals surface area contributed by atoms with Gasteiger partial charge in [-0.2, -0.15) is 0 Å². The number of nitrogens with zero attached hydrogens (tertiary/aromatic N) is 1. The smallest absolute Gasteiger partial charge is 0.0508 e. The number of rotatable bonds is 3. The third-order valence-corrected chi connectivity index (χ3v) is 10.2. The molecule has 4 fully saturated rings. The van der Waals surface area contributed by atoms with Crippen LogP contribution in [-0.2, 0) is 5.41 Å². The molecule has 1 spiro atoms. The summed E-state index contributed by atoms with van der Waals surface area (Å²) in [6.45, 7) is 0. The van der Waals surface area contributed by atoms with Crippen LogP contribution < -0.4 is 4.90 Å². The van der Waals surface area contributed by atoms with Gasteiger partial charge in [0, 0.05) is 28.0 Å². The molecule has 0 heterocycles. The summed E-state index contributed by atoms with van der Waals surface area (Å²) >= 11 is 7.29. The molecule has 0 saturated heterocycles. The molecule has 36 heavy (non-hydrogen) atoms. The van der Waals surface area contributed by atoms with Crippen molar-refractivity contribution >= 4 is 28.7 Å². The number of anilines is 3. The molecule has 0 amide bonds. The summed E-state index contributed by atoms with van der Waals surface area (Å²) in [5.41, 5.74) is 9.32. The Bertz CT molecular complexity index is 1390. The Labute approximate surface area is 218 Å². The van der Waals surface area contributed by atoms with Crippen molar-refractivity contribution in [2.24, 2.45) is 23.7 Å². The first-order valence-electron chi connectivity index (χ1n) is 13.6. The molecule has 4 bridgehead atoms. The average molecular weight is 488 g/mol. The van der Waals surface area contributed by atoms with Gasteiger partial charge in [-0.15, -0.1) is 0 Å². The number of benzene rings is 4. The van der Waals surface area contributed by atoms with Crippen molar-refractivity contribution < 1.29 is 0 Å². The summed E-state index contributed by atoms with van der Waals surface area (Å²) in [7, 11) is 0. The van der Waals surface area contributed by atoms with Gasteiger partial charge in [0.15, 0.2) is 0 Å². The lowest BCUT2D eigenvalue weighted by Gasteiger charge is -2.61. The van der Waals surface area contributed by atoms with Crippen molar-refractivity contribution in [3.05, 3.63) is 113 Å². The lowest BCUT2D eigenvalue weighted by molar-refractivity contribution is -0.0399. The maximum Gasteiger partial charge on any atom is 0.0508 e. The Morgan fingerprint density at radius 2 is 1.14 bits per heavy atom. The van der Waals surface area contributed by atoms with Gasteiger partial charge in [0.1, 0.15) is 0 Å². The summed E-state index contributed by atoms with van der Waals surface area (Å²) in [4.78, 5) is 2.37. The standard InChI is InChI=1S/C34H30ClN/c35-32-21-28(36(26-9-3-1-4-10-26)27-11-5-2-6-12-27)20-31-33(32)29-13-7-8-14-30(29)34(31)24-16-22-15-23(18-24)19-25(34)17-22/h1-14,20-25H,15-19H2. The second-order valence-corrected chi connectivity index (χ2v) is 12.0. The highest BCUT2D eigenvalue weighted by molar-refractivity contribution is 6.34. The number of hydrogen-bond donors (Lipinski definition) is 0. The Morgan fingerprint density at radius 1 is 0.583 bits per heavy atom. The van der Waals surface area contributed by atoms with Crippen molar-refractivity contribution in [1.82, 2.24) is 0 Å². The normalized spacial score (nSPS) is 28.8. The van der Waals surface area contributed by atoms with E-state index in [2.05, 4.69) is 102 Å². The second kappa shape index (κ2) is 7.73. The molecule has 4 aromatic rings. The summed E-state index contributed by atoms with van der Waals surface area (Å²) in [5.74, 6) is 3.31. The fraction of sp³-hybridized carbons (Fsp3) is 0.294. The highest BCUT2D eigenvalue weighted by Gasteiger charge is 2.61. The minimum absolute atomic E-state index is 0.109. The van der Waals surface area contributed by atoms with Gasteiger partial charge in [-0.05, 0) is 109 Å². The monoisotopic (exact) mass is 487 g/mol. The summed E-state index contributed by atoms with van der Waals surface area (Å²) < 4.78 is 0. The predicted molar refractivity (Wildman–Crippen MR) is 149 cm³/mol. The van der Waals surface area contributed by atoms with Crippen LogP contribution in [0.15, 0.2) is 97.1 Å². The molecule has 0 N–H and O–H groups in total. The van der Waals surface area contributed by atoms with Crippen LogP contribution in [-0.4, -0.2) is 0 Å². The largest absolute Gasteiger partial charge is 0.310 e. The fourth-order valence-corrected chi connectivity index (χ4v) is 9.25. The number of hydrogen-bond acceptors (Lipinski definition) is 1. The van der Waals surface area contributed by atoms with E-state index in [1.54, 1.807) is 5.56 Å². The second-order valence-electron chi connectivity index (χ2n) is 11.6. The zero-order chi connectivity index (χ0) is 23.9. The molecule has 2 heteroatoms. The van der Waals surface area contributed by atoms with Crippen molar-refractivity contribution in [2.75, 3.05) is 4.90 Å². The maximum atomic E-state index is 7.29. The first-order valence-corrected chi connectivity index (χ1v) is 14.0. The van der Waals surface area contributed by atoms with Crippen molar-refractivity contribution in [3.63, 3.8) is 0 Å². The molecular weight excluding hydrogens is 458 g/mol. The van der Waals surface area contributed by atoms with Crippen LogP contribution in [0.5, 0.6) is 0 Å². The molecule has 0 radical (unpaired) electrons.